The van der Waals surface area contributed by atoms with Gasteiger partial charge >= 0.3 is 0 Å². The van der Waals surface area contributed by atoms with E-state index in [2.05, 4.69) is 79.5 Å². The minimum Gasteiger partial charge on any atom is -0.256 e. The van der Waals surface area contributed by atoms with E-state index in [0.29, 0.717) is 0 Å². The van der Waals surface area contributed by atoms with E-state index in [-0.39, 0.29) is 0 Å². The van der Waals surface area contributed by atoms with Crippen molar-refractivity contribution in [1.82, 2.24) is 4.98 Å². The second-order valence-corrected chi connectivity index (χ2v) is 7.11. The molecule has 2 aromatic carbocycles. The van der Waals surface area contributed by atoms with Crippen molar-refractivity contribution in [3.63, 3.8) is 0 Å². The SMILES string of the molecule is CCCCCCCc1ccc(-c2ccnc(-c3ccccc3C)c2)cc1. The molecule has 0 spiro atoms. The molecule has 0 unspecified atom stereocenters. The number of unbranched alkanes of at least 4 members (excludes halogenated alkanes) is 4. The van der Waals surface area contributed by atoms with Gasteiger partial charge in [0.1, 0.15) is 0 Å². The lowest BCUT2D eigenvalue weighted by molar-refractivity contribution is 0.632. The third-order valence-electron chi connectivity index (χ3n) is 5.04. The van der Waals surface area contributed by atoms with Crippen LogP contribution in [0.25, 0.3) is 22.4 Å². The predicted molar refractivity (Wildman–Crippen MR) is 112 cm³/mol. The van der Waals surface area contributed by atoms with E-state index in [9.17, 15) is 0 Å². The average Bonchev–Trinajstić information content (AvgIpc) is 2.69. The first-order valence-corrected chi connectivity index (χ1v) is 9.89. The van der Waals surface area contributed by atoms with Crippen LogP contribution in [0.5, 0.6) is 0 Å². The Balaban J connectivity index is 1.70. The quantitative estimate of drug-likeness (QED) is 0.393. The molecule has 134 valence electrons. The molecule has 0 N–H and O–H groups in total. The van der Waals surface area contributed by atoms with Crippen LogP contribution < -0.4 is 0 Å². The van der Waals surface area contributed by atoms with Gasteiger partial charge < -0.3 is 0 Å². The first kappa shape index (κ1) is 18.4. The molecule has 0 radical (unpaired) electrons. The summed E-state index contributed by atoms with van der Waals surface area (Å²) in [5, 5.41) is 0. The number of benzene rings is 2. The summed E-state index contributed by atoms with van der Waals surface area (Å²) in [4.78, 5) is 4.58. The van der Waals surface area contributed by atoms with Crippen molar-refractivity contribution < 1.29 is 0 Å². The topological polar surface area (TPSA) is 12.9 Å². The lowest BCUT2D eigenvalue weighted by Gasteiger charge is -2.08. The van der Waals surface area contributed by atoms with Crippen LogP contribution >= 0.6 is 0 Å². The summed E-state index contributed by atoms with van der Waals surface area (Å²) < 4.78 is 0. The number of pyridine rings is 1. The Hall–Kier alpha value is -2.41. The minimum absolute atomic E-state index is 1.04. The van der Waals surface area contributed by atoms with Crippen molar-refractivity contribution in [2.24, 2.45) is 0 Å². The summed E-state index contributed by atoms with van der Waals surface area (Å²) in [5.74, 6) is 0. The van der Waals surface area contributed by atoms with Crippen molar-refractivity contribution in [3.8, 4) is 22.4 Å². The fraction of sp³-hybridized carbons (Fsp3) is 0.320. The Labute approximate surface area is 158 Å². The zero-order valence-electron chi connectivity index (χ0n) is 16.0. The van der Waals surface area contributed by atoms with Gasteiger partial charge in [-0.2, -0.15) is 0 Å². The van der Waals surface area contributed by atoms with E-state index in [1.54, 1.807) is 0 Å². The highest BCUT2D eigenvalue weighted by atomic mass is 14.7. The number of nitrogens with zero attached hydrogens (tertiary/aromatic N) is 1. The molecule has 1 aromatic heterocycles. The second-order valence-electron chi connectivity index (χ2n) is 7.11. The molecule has 0 fully saturated rings. The second kappa shape index (κ2) is 9.33. The van der Waals surface area contributed by atoms with E-state index < -0.39 is 0 Å². The van der Waals surface area contributed by atoms with Crippen molar-refractivity contribution in [3.05, 3.63) is 78.0 Å². The third kappa shape index (κ3) is 4.82. The third-order valence-corrected chi connectivity index (χ3v) is 5.04. The van der Waals surface area contributed by atoms with Gasteiger partial charge in [-0.05, 0) is 54.2 Å². The summed E-state index contributed by atoms with van der Waals surface area (Å²) >= 11 is 0. The van der Waals surface area contributed by atoms with Crippen LogP contribution in [0.1, 0.15) is 50.2 Å². The molecule has 1 heterocycles. The molecule has 26 heavy (non-hydrogen) atoms. The van der Waals surface area contributed by atoms with Crippen LogP contribution in [-0.4, -0.2) is 4.98 Å². The van der Waals surface area contributed by atoms with Gasteiger partial charge in [0.25, 0.3) is 0 Å². The highest BCUT2D eigenvalue weighted by molar-refractivity contribution is 5.71. The Morgan fingerprint density at radius 2 is 1.54 bits per heavy atom. The van der Waals surface area contributed by atoms with E-state index in [1.807, 2.05) is 6.20 Å². The van der Waals surface area contributed by atoms with Crippen LogP contribution in [-0.2, 0) is 6.42 Å². The Morgan fingerprint density at radius 3 is 2.31 bits per heavy atom. The molecule has 0 saturated heterocycles. The summed E-state index contributed by atoms with van der Waals surface area (Å²) in [6.45, 7) is 4.40. The fourth-order valence-electron chi connectivity index (χ4n) is 3.41. The first-order valence-electron chi connectivity index (χ1n) is 9.89. The van der Waals surface area contributed by atoms with Crippen molar-refractivity contribution in [2.75, 3.05) is 0 Å². The molecule has 0 atom stereocenters. The van der Waals surface area contributed by atoms with E-state index in [1.165, 1.54) is 66.3 Å². The number of hydrogen-bond donors (Lipinski definition) is 0. The van der Waals surface area contributed by atoms with Crippen molar-refractivity contribution in [2.45, 2.75) is 52.4 Å². The van der Waals surface area contributed by atoms with E-state index >= 15 is 0 Å². The van der Waals surface area contributed by atoms with Gasteiger partial charge in [0.2, 0.25) is 0 Å². The molecule has 0 saturated carbocycles. The van der Waals surface area contributed by atoms with Gasteiger partial charge in [-0.1, -0.05) is 81.1 Å². The van der Waals surface area contributed by atoms with Gasteiger partial charge in [0, 0.05) is 11.8 Å². The molecule has 0 bridgehead atoms. The summed E-state index contributed by atoms with van der Waals surface area (Å²) in [6, 6.07) is 21.8. The van der Waals surface area contributed by atoms with Crippen LogP contribution in [0.2, 0.25) is 0 Å². The molecule has 0 aliphatic carbocycles. The maximum absolute atomic E-state index is 4.58. The summed E-state index contributed by atoms with van der Waals surface area (Å²) in [7, 11) is 0. The van der Waals surface area contributed by atoms with Crippen LogP contribution in [0.15, 0.2) is 66.9 Å². The molecule has 0 amide bonds. The molecule has 3 rings (SSSR count). The smallest absolute Gasteiger partial charge is 0.0710 e. The maximum atomic E-state index is 4.58. The summed E-state index contributed by atoms with van der Waals surface area (Å²) in [5.41, 5.74) is 7.44. The molecule has 1 heteroatoms. The highest BCUT2D eigenvalue weighted by Gasteiger charge is 2.05. The largest absolute Gasteiger partial charge is 0.256 e. The minimum atomic E-state index is 1.04. The van der Waals surface area contributed by atoms with Gasteiger partial charge in [0.05, 0.1) is 5.69 Å². The molecule has 0 aliphatic rings. The van der Waals surface area contributed by atoms with Crippen LogP contribution in [0.3, 0.4) is 0 Å². The lowest BCUT2D eigenvalue weighted by Crippen LogP contribution is -1.89. The predicted octanol–water partition coefficient (Wildman–Crippen LogP) is 7.24. The molecule has 1 nitrogen and oxygen atoms in total. The number of aryl methyl sites for hydroxylation is 2. The lowest BCUT2D eigenvalue weighted by atomic mass is 9.99. The normalized spacial score (nSPS) is 10.8. The Bertz CT molecular complexity index is 818. The Morgan fingerprint density at radius 1 is 0.769 bits per heavy atom. The molecular formula is C25H29N. The Kier molecular flexibility index (Phi) is 6.60. The highest BCUT2D eigenvalue weighted by Crippen LogP contribution is 2.27. The van der Waals surface area contributed by atoms with Crippen molar-refractivity contribution in [1.29, 1.82) is 0 Å². The molecular weight excluding hydrogens is 314 g/mol. The maximum Gasteiger partial charge on any atom is 0.0710 e. The number of hydrogen-bond acceptors (Lipinski definition) is 1. The van der Waals surface area contributed by atoms with Gasteiger partial charge in [0.15, 0.2) is 0 Å². The van der Waals surface area contributed by atoms with Gasteiger partial charge in [-0.3, -0.25) is 4.98 Å². The first-order chi connectivity index (χ1) is 12.8. The van der Waals surface area contributed by atoms with Crippen LogP contribution in [0.4, 0.5) is 0 Å². The monoisotopic (exact) mass is 343 g/mol. The standard InChI is InChI=1S/C25H29N/c1-3-4-5-6-7-11-21-13-15-22(16-14-21)23-17-18-26-25(19-23)24-12-9-8-10-20(24)2/h8-10,12-19H,3-7,11H2,1-2H3. The van der Waals surface area contributed by atoms with Gasteiger partial charge in [-0.25, -0.2) is 0 Å². The average molecular weight is 344 g/mol. The van der Waals surface area contributed by atoms with E-state index in [0.717, 1.165) is 5.69 Å². The summed E-state index contributed by atoms with van der Waals surface area (Å²) in [6.07, 6.45) is 9.79. The molecule has 3 aromatic rings. The van der Waals surface area contributed by atoms with Crippen LogP contribution in [0, 0.1) is 6.92 Å². The molecule has 0 aliphatic heterocycles. The van der Waals surface area contributed by atoms with E-state index in [4.69, 9.17) is 0 Å². The van der Waals surface area contributed by atoms with Gasteiger partial charge in [-0.15, -0.1) is 0 Å². The zero-order valence-corrected chi connectivity index (χ0v) is 16.0. The number of rotatable bonds is 8. The number of aromatic nitrogens is 1. The fourth-order valence-corrected chi connectivity index (χ4v) is 3.41. The van der Waals surface area contributed by atoms with Crippen molar-refractivity contribution >= 4 is 0 Å². The zero-order chi connectivity index (χ0) is 18.2.